The van der Waals surface area contributed by atoms with Gasteiger partial charge in [0.1, 0.15) is 6.04 Å². The van der Waals surface area contributed by atoms with E-state index in [2.05, 4.69) is 6.92 Å². The van der Waals surface area contributed by atoms with Gasteiger partial charge in [-0.2, -0.15) is 0 Å². The Labute approximate surface area is 85.4 Å². The second-order valence-corrected chi connectivity index (χ2v) is 3.34. The van der Waals surface area contributed by atoms with Gasteiger partial charge >= 0.3 is 5.97 Å². The number of ether oxygens (including phenoxy) is 1. The smallest absolute Gasteiger partial charge is 0.325 e. The molecule has 0 aliphatic carbocycles. The second kappa shape index (κ2) is 7.76. The number of aliphatic hydroxyl groups excluding tert-OH is 1. The van der Waals surface area contributed by atoms with E-state index in [1.165, 1.54) is 0 Å². The number of carbonyl (C=O) groups excluding carboxylic acids is 1. The van der Waals surface area contributed by atoms with Gasteiger partial charge in [-0.1, -0.05) is 26.2 Å². The summed E-state index contributed by atoms with van der Waals surface area (Å²) in [6, 6.07) is -0.896. The van der Waals surface area contributed by atoms with Gasteiger partial charge < -0.3 is 15.6 Å². The molecule has 84 valence electrons. The van der Waals surface area contributed by atoms with E-state index in [-0.39, 0.29) is 0 Å². The number of hydrogen-bond acceptors (Lipinski definition) is 4. The first-order valence-corrected chi connectivity index (χ1v) is 5.23. The van der Waals surface area contributed by atoms with E-state index in [4.69, 9.17) is 10.5 Å². The van der Waals surface area contributed by atoms with Crippen molar-refractivity contribution in [3.05, 3.63) is 0 Å². The van der Waals surface area contributed by atoms with E-state index >= 15 is 0 Å². The molecule has 0 rings (SSSR count). The normalized spacial score (nSPS) is 14.9. The van der Waals surface area contributed by atoms with E-state index in [1.54, 1.807) is 6.92 Å². The van der Waals surface area contributed by atoms with E-state index < -0.39 is 18.1 Å². The monoisotopic (exact) mass is 203 g/mol. The molecule has 0 aromatic rings. The third-order valence-electron chi connectivity index (χ3n) is 2.08. The van der Waals surface area contributed by atoms with Crippen LogP contribution in [0.2, 0.25) is 0 Å². The third-order valence-corrected chi connectivity index (χ3v) is 2.08. The summed E-state index contributed by atoms with van der Waals surface area (Å²) in [7, 11) is 0. The lowest BCUT2D eigenvalue weighted by Crippen LogP contribution is -2.43. The molecule has 0 aliphatic heterocycles. The number of rotatable bonds is 7. The molecule has 0 amide bonds. The molecule has 4 heteroatoms. The minimum atomic E-state index is -0.896. The van der Waals surface area contributed by atoms with Crippen molar-refractivity contribution in [2.75, 3.05) is 6.61 Å². The van der Waals surface area contributed by atoms with Gasteiger partial charge in [-0.3, -0.25) is 4.79 Å². The molecule has 0 radical (unpaired) electrons. The van der Waals surface area contributed by atoms with Gasteiger partial charge in [0.05, 0.1) is 12.7 Å². The van der Waals surface area contributed by atoms with Gasteiger partial charge in [0, 0.05) is 0 Å². The first kappa shape index (κ1) is 13.4. The number of esters is 1. The van der Waals surface area contributed by atoms with Crippen molar-refractivity contribution in [2.45, 2.75) is 51.7 Å². The molecular formula is C10H21NO3. The lowest BCUT2D eigenvalue weighted by atomic mass is 10.0. The molecule has 2 atom stereocenters. The van der Waals surface area contributed by atoms with Crippen molar-refractivity contribution in [2.24, 2.45) is 5.73 Å². The summed E-state index contributed by atoms with van der Waals surface area (Å²) in [6.45, 7) is 4.10. The maximum absolute atomic E-state index is 11.1. The molecular weight excluding hydrogens is 182 g/mol. The first-order chi connectivity index (χ1) is 6.63. The highest BCUT2D eigenvalue weighted by molar-refractivity contribution is 5.76. The van der Waals surface area contributed by atoms with E-state index in [1.807, 2.05) is 0 Å². The van der Waals surface area contributed by atoms with E-state index in [0.29, 0.717) is 13.0 Å². The Bertz CT molecular complexity index is 161. The van der Waals surface area contributed by atoms with Gasteiger partial charge in [0.25, 0.3) is 0 Å². The predicted octanol–water partition coefficient (Wildman–Crippen LogP) is 0.818. The standard InChI is InChI=1S/C10H21NO3/c1-3-5-6-7-8(12)9(11)10(13)14-4-2/h8-9,12H,3-7,11H2,1-2H3. The van der Waals surface area contributed by atoms with Crippen LogP contribution in [0.25, 0.3) is 0 Å². The van der Waals surface area contributed by atoms with Crippen molar-refractivity contribution >= 4 is 5.97 Å². The molecule has 0 bridgehead atoms. The predicted molar refractivity (Wildman–Crippen MR) is 54.8 cm³/mol. The molecule has 0 spiro atoms. The van der Waals surface area contributed by atoms with Crippen molar-refractivity contribution < 1.29 is 14.6 Å². The molecule has 14 heavy (non-hydrogen) atoms. The Morgan fingerprint density at radius 3 is 2.57 bits per heavy atom. The molecule has 0 saturated carbocycles. The summed E-state index contributed by atoms with van der Waals surface area (Å²) in [6.07, 6.45) is 2.81. The van der Waals surface area contributed by atoms with Crippen LogP contribution in [0.5, 0.6) is 0 Å². The van der Waals surface area contributed by atoms with Crippen LogP contribution in [0, 0.1) is 0 Å². The topological polar surface area (TPSA) is 72.5 Å². The molecule has 0 heterocycles. The van der Waals surface area contributed by atoms with Crippen molar-refractivity contribution in [1.29, 1.82) is 0 Å². The van der Waals surface area contributed by atoms with Gasteiger partial charge in [0.2, 0.25) is 0 Å². The SMILES string of the molecule is CCCCCC(O)C(N)C(=O)OCC. The molecule has 0 aromatic carbocycles. The van der Waals surface area contributed by atoms with Crippen LogP contribution < -0.4 is 5.73 Å². The maximum atomic E-state index is 11.1. The number of unbranched alkanes of at least 4 members (excludes halogenated alkanes) is 2. The highest BCUT2D eigenvalue weighted by Gasteiger charge is 2.22. The molecule has 3 N–H and O–H groups in total. The zero-order valence-electron chi connectivity index (χ0n) is 9.03. The van der Waals surface area contributed by atoms with Crippen molar-refractivity contribution in [3.8, 4) is 0 Å². The summed E-state index contributed by atoms with van der Waals surface area (Å²) >= 11 is 0. The van der Waals surface area contributed by atoms with Crippen LogP contribution in [0.15, 0.2) is 0 Å². The second-order valence-electron chi connectivity index (χ2n) is 3.34. The zero-order chi connectivity index (χ0) is 11.0. The number of aliphatic hydroxyl groups is 1. The van der Waals surface area contributed by atoms with Gasteiger partial charge in [-0.15, -0.1) is 0 Å². The lowest BCUT2D eigenvalue weighted by Gasteiger charge is -2.16. The quantitative estimate of drug-likeness (QED) is 0.474. The molecule has 0 aromatic heterocycles. The fraction of sp³-hybridized carbons (Fsp3) is 0.900. The summed E-state index contributed by atoms with van der Waals surface area (Å²) in [5.74, 6) is -0.517. The molecule has 2 unspecified atom stereocenters. The van der Waals surface area contributed by atoms with Crippen LogP contribution in [-0.4, -0.2) is 29.8 Å². The van der Waals surface area contributed by atoms with Crippen LogP contribution in [-0.2, 0) is 9.53 Å². The Morgan fingerprint density at radius 1 is 1.43 bits per heavy atom. The van der Waals surface area contributed by atoms with Crippen molar-refractivity contribution in [3.63, 3.8) is 0 Å². The highest BCUT2D eigenvalue weighted by Crippen LogP contribution is 2.06. The van der Waals surface area contributed by atoms with Crippen molar-refractivity contribution in [1.82, 2.24) is 0 Å². The minimum absolute atomic E-state index is 0.300. The van der Waals surface area contributed by atoms with Crippen LogP contribution in [0.1, 0.15) is 39.5 Å². The van der Waals surface area contributed by atoms with Crippen LogP contribution in [0.4, 0.5) is 0 Å². The summed E-state index contributed by atoms with van der Waals surface area (Å²) < 4.78 is 4.71. The Kier molecular flexibility index (Phi) is 7.42. The fourth-order valence-electron chi connectivity index (χ4n) is 1.18. The zero-order valence-corrected chi connectivity index (χ0v) is 9.03. The summed E-state index contributed by atoms with van der Waals surface area (Å²) in [4.78, 5) is 11.1. The number of nitrogens with two attached hydrogens (primary N) is 1. The maximum Gasteiger partial charge on any atom is 0.325 e. The van der Waals surface area contributed by atoms with Gasteiger partial charge in [-0.05, 0) is 13.3 Å². The molecule has 0 aliphatic rings. The van der Waals surface area contributed by atoms with E-state index in [9.17, 15) is 9.90 Å². The highest BCUT2D eigenvalue weighted by atomic mass is 16.5. The summed E-state index contributed by atoms with van der Waals surface area (Å²) in [5.41, 5.74) is 5.50. The van der Waals surface area contributed by atoms with Crippen LogP contribution >= 0.6 is 0 Å². The van der Waals surface area contributed by atoms with Gasteiger partial charge in [-0.25, -0.2) is 0 Å². The van der Waals surface area contributed by atoms with Gasteiger partial charge in [0.15, 0.2) is 0 Å². The molecule has 0 saturated heterocycles. The lowest BCUT2D eigenvalue weighted by molar-refractivity contribution is -0.147. The largest absolute Gasteiger partial charge is 0.465 e. The number of carbonyl (C=O) groups is 1. The fourth-order valence-corrected chi connectivity index (χ4v) is 1.18. The average Bonchev–Trinajstić information content (AvgIpc) is 2.17. The molecule has 4 nitrogen and oxygen atoms in total. The molecule has 0 fully saturated rings. The average molecular weight is 203 g/mol. The minimum Gasteiger partial charge on any atom is -0.465 e. The Hall–Kier alpha value is -0.610. The Balaban J connectivity index is 3.74. The third kappa shape index (κ3) is 5.19. The first-order valence-electron chi connectivity index (χ1n) is 5.23. The Morgan fingerprint density at radius 2 is 2.07 bits per heavy atom. The summed E-state index contributed by atoms with van der Waals surface area (Å²) in [5, 5.41) is 9.52. The number of hydrogen-bond donors (Lipinski definition) is 2. The van der Waals surface area contributed by atoms with Crippen LogP contribution in [0.3, 0.4) is 0 Å². The van der Waals surface area contributed by atoms with E-state index in [0.717, 1.165) is 19.3 Å².